The Bertz CT molecular complexity index is 731. The van der Waals surface area contributed by atoms with Gasteiger partial charge in [-0.15, -0.1) is 0 Å². The van der Waals surface area contributed by atoms with E-state index in [9.17, 15) is 4.79 Å². The largest absolute Gasteiger partial charge is 0.355 e. The summed E-state index contributed by atoms with van der Waals surface area (Å²) < 4.78 is 0. The third kappa shape index (κ3) is 6.43. The molecule has 1 aromatic rings. The Labute approximate surface area is 187 Å². The van der Waals surface area contributed by atoms with Gasteiger partial charge in [-0.2, -0.15) is 0 Å². The highest BCUT2D eigenvalue weighted by molar-refractivity contribution is 5.85. The Morgan fingerprint density at radius 3 is 2.23 bits per heavy atom. The summed E-state index contributed by atoms with van der Waals surface area (Å²) >= 11 is 0. The molecule has 0 atom stereocenters. The third-order valence-corrected chi connectivity index (χ3v) is 6.72. The first-order valence-electron chi connectivity index (χ1n) is 11.6. The van der Waals surface area contributed by atoms with E-state index in [-0.39, 0.29) is 11.3 Å². The lowest BCUT2D eigenvalue weighted by Crippen LogP contribution is -2.49. The molecule has 0 aromatic heterocycles. The van der Waals surface area contributed by atoms with E-state index < -0.39 is 0 Å². The standard InChI is InChI=1S/C24H40N6O/c1-25-23(27-19-24(11-5-6-12-24)22(31)28(2)3)26-17-20-7-9-21(10-8-20)18-30-15-13-29(4)14-16-30/h7-10H,5-6,11-19H2,1-4H3,(H2,25,26,27). The van der Waals surface area contributed by atoms with Gasteiger partial charge < -0.3 is 20.4 Å². The molecule has 0 spiro atoms. The summed E-state index contributed by atoms with van der Waals surface area (Å²) in [4.78, 5) is 23.8. The molecule has 0 radical (unpaired) electrons. The smallest absolute Gasteiger partial charge is 0.230 e. The number of aliphatic imine (C=N–C) groups is 1. The van der Waals surface area contributed by atoms with Gasteiger partial charge in [-0.1, -0.05) is 37.1 Å². The van der Waals surface area contributed by atoms with Crippen LogP contribution in [0.5, 0.6) is 0 Å². The van der Waals surface area contributed by atoms with Gasteiger partial charge in [-0.3, -0.25) is 14.7 Å². The van der Waals surface area contributed by atoms with Crippen molar-refractivity contribution in [2.45, 2.75) is 38.8 Å². The molecule has 1 amide bonds. The van der Waals surface area contributed by atoms with Gasteiger partial charge in [-0.05, 0) is 31.0 Å². The molecule has 1 saturated heterocycles. The molecule has 0 unspecified atom stereocenters. The van der Waals surface area contributed by atoms with Crippen LogP contribution in [0.3, 0.4) is 0 Å². The predicted molar refractivity (Wildman–Crippen MR) is 127 cm³/mol. The van der Waals surface area contributed by atoms with Gasteiger partial charge in [0.1, 0.15) is 0 Å². The zero-order valence-corrected chi connectivity index (χ0v) is 19.8. The van der Waals surface area contributed by atoms with Gasteiger partial charge in [-0.25, -0.2) is 0 Å². The van der Waals surface area contributed by atoms with Crippen LogP contribution in [0.25, 0.3) is 0 Å². The minimum absolute atomic E-state index is 0.226. The van der Waals surface area contributed by atoms with Crippen molar-refractivity contribution in [3.05, 3.63) is 35.4 Å². The normalized spacial score (nSPS) is 19.9. The van der Waals surface area contributed by atoms with E-state index in [0.717, 1.165) is 64.4 Å². The predicted octanol–water partition coefficient (Wildman–Crippen LogP) is 1.75. The topological polar surface area (TPSA) is 63.2 Å². The van der Waals surface area contributed by atoms with Crippen LogP contribution in [-0.4, -0.2) is 87.5 Å². The van der Waals surface area contributed by atoms with Gasteiger partial charge in [0.25, 0.3) is 0 Å². The van der Waals surface area contributed by atoms with Crippen molar-refractivity contribution in [1.29, 1.82) is 0 Å². The molecule has 7 heteroatoms. The maximum Gasteiger partial charge on any atom is 0.230 e. The van der Waals surface area contributed by atoms with Gasteiger partial charge in [0.15, 0.2) is 5.96 Å². The number of likely N-dealkylation sites (N-methyl/N-ethyl adjacent to an activating group) is 1. The highest BCUT2D eigenvalue weighted by Gasteiger charge is 2.42. The number of hydrogen-bond donors (Lipinski definition) is 2. The first-order chi connectivity index (χ1) is 14.9. The highest BCUT2D eigenvalue weighted by Crippen LogP contribution is 2.38. The molecule has 0 bridgehead atoms. The number of guanidine groups is 1. The molecule has 1 aliphatic heterocycles. The van der Waals surface area contributed by atoms with E-state index in [2.05, 4.69) is 56.7 Å². The lowest BCUT2D eigenvalue weighted by atomic mass is 9.84. The van der Waals surface area contributed by atoms with Crippen molar-refractivity contribution in [1.82, 2.24) is 25.3 Å². The summed E-state index contributed by atoms with van der Waals surface area (Å²) in [6.45, 7) is 6.94. The van der Waals surface area contributed by atoms with E-state index in [1.807, 2.05) is 14.1 Å². The number of nitrogens with one attached hydrogen (secondary N) is 2. The molecule has 2 N–H and O–H groups in total. The first-order valence-corrected chi connectivity index (χ1v) is 11.6. The number of hydrogen-bond acceptors (Lipinski definition) is 4. The SMILES string of the molecule is CN=C(NCc1ccc(CN2CCN(C)CC2)cc1)NCC1(C(=O)N(C)C)CCCC1. The molecule has 2 fully saturated rings. The van der Waals surface area contributed by atoms with Crippen LogP contribution in [0.15, 0.2) is 29.3 Å². The molecule has 3 rings (SSSR count). The van der Waals surface area contributed by atoms with Crippen LogP contribution < -0.4 is 10.6 Å². The average molecular weight is 429 g/mol. The van der Waals surface area contributed by atoms with Crippen LogP contribution >= 0.6 is 0 Å². The van der Waals surface area contributed by atoms with E-state index in [0.29, 0.717) is 13.1 Å². The van der Waals surface area contributed by atoms with Crippen LogP contribution in [0.1, 0.15) is 36.8 Å². The van der Waals surface area contributed by atoms with Crippen LogP contribution in [0.4, 0.5) is 0 Å². The summed E-state index contributed by atoms with van der Waals surface area (Å²) in [5, 5.41) is 6.81. The Morgan fingerprint density at radius 1 is 1.03 bits per heavy atom. The van der Waals surface area contributed by atoms with E-state index >= 15 is 0 Å². The van der Waals surface area contributed by atoms with Gasteiger partial charge in [0, 0.05) is 67.0 Å². The maximum atomic E-state index is 12.8. The molecule has 1 aromatic carbocycles. The molecule has 1 heterocycles. The second-order valence-corrected chi connectivity index (χ2v) is 9.36. The highest BCUT2D eigenvalue weighted by atomic mass is 16.2. The van der Waals surface area contributed by atoms with Crippen molar-refractivity contribution in [2.75, 3.05) is 60.9 Å². The van der Waals surface area contributed by atoms with E-state index in [1.54, 1.807) is 11.9 Å². The molecule has 2 aliphatic rings. The third-order valence-electron chi connectivity index (χ3n) is 6.72. The molecule has 1 aliphatic carbocycles. The van der Waals surface area contributed by atoms with Crippen LogP contribution in [-0.2, 0) is 17.9 Å². The quantitative estimate of drug-likeness (QED) is 0.512. The summed E-state index contributed by atoms with van der Waals surface area (Å²) in [7, 11) is 7.67. The minimum Gasteiger partial charge on any atom is -0.355 e. The van der Waals surface area contributed by atoms with Crippen molar-refractivity contribution in [2.24, 2.45) is 10.4 Å². The van der Waals surface area contributed by atoms with Crippen molar-refractivity contribution >= 4 is 11.9 Å². The number of benzene rings is 1. The molecule has 172 valence electrons. The summed E-state index contributed by atoms with van der Waals surface area (Å²) in [5.74, 6) is 0.975. The Morgan fingerprint density at radius 2 is 1.65 bits per heavy atom. The lowest BCUT2D eigenvalue weighted by Gasteiger charge is -2.32. The minimum atomic E-state index is -0.300. The lowest BCUT2D eigenvalue weighted by molar-refractivity contribution is -0.138. The number of carbonyl (C=O) groups excluding carboxylic acids is 1. The number of carbonyl (C=O) groups is 1. The van der Waals surface area contributed by atoms with Crippen molar-refractivity contribution < 1.29 is 4.79 Å². The second kappa shape index (κ2) is 11.0. The zero-order chi connectivity index (χ0) is 22.3. The maximum absolute atomic E-state index is 12.8. The van der Waals surface area contributed by atoms with Crippen molar-refractivity contribution in [3.8, 4) is 0 Å². The number of rotatable bonds is 7. The van der Waals surface area contributed by atoms with E-state index in [1.165, 1.54) is 11.1 Å². The number of piperazine rings is 1. The Balaban J connectivity index is 1.47. The van der Waals surface area contributed by atoms with Gasteiger partial charge in [0.05, 0.1) is 5.41 Å². The zero-order valence-electron chi connectivity index (χ0n) is 19.8. The monoisotopic (exact) mass is 428 g/mol. The summed E-state index contributed by atoms with van der Waals surface area (Å²) in [6.07, 6.45) is 4.13. The van der Waals surface area contributed by atoms with Crippen molar-refractivity contribution in [3.63, 3.8) is 0 Å². The Kier molecular flexibility index (Phi) is 8.32. The van der Waals surface area contributed by atoms with Crippen LogP contribution in [0, 0.1) is 5.41 Å². The van der Waals surface area contributed by atoms with E-state index in [4.69, 9.17) is 0 Å². The number of nitrogens with zero attached hydrogens (tertiary/aromatic N) is 4. The van der Waals surface area contributed by atoms with Gasteiger partial charge in [0.2, 0.25) is 5.91 Å². The molecular formula is C24H40N6O. The van der Waals surface area contributed by atoms with Crippen LogP contribution in [0.2, 0.25) is 0 Å². The van der Waals surface area contributed by atoms with Gasteiger partial charge >= 0.3 is 0 Å². The fraction of sp³-hybridized carbons (Fsp3) is 0.667. The average Bonchev–Trinajstić information content (AvgIpc) is 3.26. The molecule has 1 saturated carbocycles. The number of amides is 1. The first kappa shape index (κ1) is 23.5. The fourth-order valence-electron chi connectivity index (χ4n) is 4.68. The Hall–Kier alpha value is -2.12. The molecular weight excluding hydrogens is 388 g/mol. The fourth-order valence-corrected chi connectivity index (χ4v) is 4.68. The summed E-state index contributed by atoms with van der Waals surface area (Å²) in [5.41, 5.74) is 2.29. The second-order valence-electron chi connectivity index (χ2n) is 9.36. The molecule has 31 heavy (non-hydrogen) atoms. The molecule has 7 nitrogen and oxygen atoms in total. The summed E-state index contributed by atoms with van der Waals surface area (Å²) in [6, 6.07) is 8.85.